The van der Waals surface area contributed by atoms with Crippen molar-refractivity contribution in [3.05, 3.63) is 34.9 Å². The molecule has 2 saturated heterocycles. The van der Waals surface area contributed by atoms with E-state index in [4.69, 9.17) is 11.6 Å². The SMILES string of the molecule is C[C@@H]1CN2CCCC2CN1Cc1ccc(Cl)cc1. The molecule has 1 aromatic carbocycles. The maximum absolute atomic E-state index is 5.94. The van der Waals surface area contributed by atoms with E-state index < -0.39 is 0 Å². The first-order valence-electron chi connectivity index (χ1n) is 6.95. The number of hydrogen-bond donors (Lipinski definition) is 0. The van der Waals surface area contributed by atoms with Gasteiger partial charge in [0.15, 0.2) is 0 Å². The smallest absolute Gasteiger partial charge is 0.0406 e. The highest BCUT2D eigenvalue weighted by molar-refractivity contribution is 6.30. The maximum atomic E-state index is 5.94. The van der Waals surface area contributed by atoms with Crippen LogP contribution in [0.4, 0.5) is 0 Å². The lowest BCUT2D eigenvalue weighted by Gasteiger charge is -2.42. The van der Waals surface area contributed by atoms with Crippen molar-refractivity contribution in [3.8, 4) is 0 Å². The van der Waals surface area contributed by atoms with E-state index in [0.29, 0.717) is 6.04 Å². The van der Waals surface area contributed by atoms with Crippen molar-refractivity contribution in [3.63, 3.8) is 0 Å². The molecule has 2 atom stereocenters. The van der Waals surface area contributed by atoms with E-state index in [1.807, 2.05) is 12.1 Å². The predicted molar refractivity (Wildman–Crippen MR) is 75.9 cm³/mol. The van der Waals surface area contributed by atoms with Crippen molar-refractivity contribution in [2.45, 2.75) is 38.4 Å². The molecule has 2 aliphatic rings. The first-order chi connectivity index (χ1) is 8.72. The van der Waals surface area contributed by atoms with Gasteiger partial charge in [0.2, 0.25) is 0 Å². The zero-order chi connectivity index (χ0) is 12.5. The minimum atomic E-state index is 0.662. The third-order valence-electron chi connectivity index (χ3n) is 4.37. The molecule has 2 heterocycles. The lowest BCUT2D eigenvalue weighted by molar-refractivity contribution is 0.0540. The molecule has 1 unspecified atom stereocenters. The fraction of sp³-hybridized carbons (Fsp3) is 0.600. The lowest BCUT2D eigenvalue weighted by Crippen LogP contribution is -2.54. The highest BCUT2D eigenvalue weighted by atomic mass is 35.5. The Balaban J connectivity index is 1.66. The predicted octanol–water partition coefficient (Wildman–Crippen LogP) is 3.01. The van der Waals surface area contributed by atoms with Crippen LogP contribution in [-0.2, 0) is 6.54 Å². The minimum absolute atomic E-state index is 0.662. The molecule has 0 aliphatic carbocycles. The molecule has 0 N–H and O–H groups in total. The summed E-state index contributed by atoms with van der Waals surface area (Å²) in [6, 6.07) is 9.75. The zero-order valence-electron chi connectivity index (χ0n) is 11.0. The average molecular weight is 265 g/mol. The van der Waals surface area contributed by atoms with Gasteiger partial charge in [0.25, 0.3) is 0 Å². The summed E-state index contributed by atoms with van der Waals surface area (Å²) in [5.74, 6) is 0. The minimum Gasteiger partial charge on any atom is -0.298 e. The zero-order valence-corrected chi connectivity index (χ0v) is 11.7. The second kappa shape index (κ2) is 5.20. The molecule has 3 rings (SSSR count). The Morgan fingerprint density at radius 2 is 2.00 bits per heavy atom. The molecular formula is C15H21ClN2. The monoisotopic (exact) mass is 264 g/mol. The standard InChI is InChI=1S/C15H21ClN2/c1-12-9-17-8-2-3-15(17)11-18(12)10-13-4-6-14(16)7-5-13/h4-7,12,15H,2-3,8-11H2,1H3/t12-,15?/m1/s1. The van der Waals surface area contributed by atoms with Crippen LogP contribution in [0, 0.1) is 0 Å². The number of rotatable bonds is 2. The van der Waals surface area contributed by atoms with E-state index in [2.05, 4.69) is 28.9 Å². The second-order valence-corrected chi connectivity index (χ2v) is 6.13. The fourth-order valence-electron chi connectivity index (χ4n) is 3.29. The van der Waals surface area contributed by atoms with Crippen LogP contribution in [0.2, 0.25) is 5.02 Å². The quantitative estimate of drug-likeness (QED) is 0.810. The van der Waals surface area contributed by atoms with Gasteiger partial charge >= 0.3 is 0 Å². The largest absolute Gasteiger partial charge is 0.298 e. The van der Waals surface area contributed by atoms with Crippen LogP contribution in [0.15, 0.2) is 24.3 Å². The van der Waals surface area contributed by atoms with Crippen molar-refractivity contribution in [2.24, 2.45) is 0 Å². The lowest BCUT2D eigenvalue weighted by atomic mass is 10.1. The Labute approximate surface area is 115 Å². The van der Waals surface area contributed by atoms with Crippen molar-refractivity contribution in [1.82, 2.24) is 9.80 Å². The number of benzene rings is 1. The summed E-state index contributed by atoms with van der Waals surface area (Å²) in [7, 11) is 0. The molecule has 0 amide bonds. The number of piperazine rings is 1. The van der Waals surface area contributed by atoms with E-state index in [1.165, 1.54) is 38.0 Å². The Kier molecular flexibility index (Phi) is 3.60. The molecule has 2 fully saturated rings. The third-order valence-corrected chi connectivity index (χ3v) is 4.62. The van der Waals surface area contributed by atoms with Crippen LogP contribution in [0.3, 0.4) is 0 Å². The number of nitrogens with zero attached hydrogens (tertiary/aromatic N) is 2. The van der Waals surface area contributed by atoms with E-state index in [0.717, 1.165) is 17.6 Å². The van der Waals surface area contributed by atoms with Crippen molar-refractivity contribution >= 4 is 11.6 Å². The van der Waals surface area contributed by atoms with Crippen LogP contribution < -0.4 is 0 Å². The van der Waals surface area contributed by atoms with Gasteiger partial charge in [-0.05, 0) is 44.0 Å². The summed E-state index contributed by atoms with van der Waals surface area (Å²) in [5.41, 5.74) is 1.37. The van der Waals surface area contributed by atoms with Gasteiger partial charge in [-0.2, -0.15) is 0 Å². The Bertz CT molecular complexity index is 403. The van der Waals surface area contributed by atoms with Crippen LogP contribution in [0.25, 0.3) is 0 Å². The molecular weight excluding hydrogens is 244 g/mol. The topological polar surface area (TPSA) is 6.48 Å². The van der Waals surface area contributed by atoms with E-state index in [9.17, 15) is 0 Å². The Morgan fingerprint density at radius 3 is 2.78 bits per heavy atom. The van der Waals surface area contributed by atoms with Gasteiger partial charge in [0, 0.05) is 36.7 Å². The van der Waals surface area contributed by atoms with Crippen LogP contribution in [-0.4, -0.2) is 41.5 Å². The second-order valence-electron chi connectivity index (χ2n) is 5.70. The average Bonchev–Trinajstić information content (AvgIpc) is 2.79. The summed E-state index contributed by atoms with van der Waals surface area (Å²) in [5, 5.41) is 0.826. The molecule has 0 spiro atoms. The van der Waals surface area contributed by atoms with Gasteiger partial charge < -0.3 is 0 Å². The van der Waals surface area contributed by atoms with Gasteiger partial charge in [0.05, 0.1) is 0 Å². The first kappa shape index (κ1) is 12.5. The molecule has 0 bridgehead atoms. The highest BCUT2D eigenvalue weighted by Crippen LogP contribution is 2.25. The first-order valence-corrected chi connectivity index (χ1v) is 7.33. The highest BCUT2D eigenvalue weighted by Gasteiger charge is 2.33. The summed E-state index contributed by atoms with van der Waals surface area (Å²) in [6.45, 7) is 7.18. The van der Waals surface area contributed by atoms with Crippen LogP contribution >= 0.6 is 11.6 Å². The molecule has 98 valence electrons. The number of hydrogen-bond acceptors (Lipinski definition) is 2. The van der Waals surface area contributed by atoms with E-state index >= 15 is 0 Å². The fourth-order valence-corrected chi connectivity index (χ4v) is 3.42. The van der Waals surface area contributed by atoms with E-state index in [1.54, 1.807) is 0 Å². The Morgan fingerprint density at radius 1 is 1.22 bits per heavy atom. The summed E-state index contributed by atoms with van der Waals surface area (Å²) < 4.78 is 0. The van der Waals surface area contributed by atoms with Crippen molar-refractivity contribution in [1.29, 1.82) is 0 Å². The van der Waals surface area contributed by atoms with Crippen molar-refractivity contribution in [2.75, 3.05) is 19.6 Å². The van der Waals surface area contributed by atoms with E-state index in [-0.39, 0.29) is 0 Å². The molecule has 2 nitrogen and oxygen atoms in total. The normalized spacial score (nSPS) is 29.4. The van der Waals surface area contributed by atoms with Gasteiger partial charge in [-0.1, -0.05) is 23.7 Å². The molecule has 3 heteroatoms. The van der Waals surface area contributed by atoms with Gasteiger partial charge in [-0.15, -0.1) is 0 Å². The van der Waals surface area contributed by atoms with Gasteiger partial charge in [-0.25, -0.2) is 0 Å². The summed E-state index contributed by atoms with van der Waals surface area (Å²) in [4.78, 5) is 5.29. The number of fused-ring (bicyclic) bond motifs is 1. The number of halogens is 1. The summed E-state index contributed by atoms with van der Waals surface area (Å²) >= 11 is 5.94. The van der Waals surface area contributed by atoms with Crippen LogP contribution in [0.5, 0.6) is 0 Å². The molecule has 0 aromatic heterocycles. The van der Waals surface area contributed by atoms with Crippen molar-refractivity contribution < 1.29 is 0 Å². The summed E-state index contributed by atoms with van der Waals surface area (Å²) in [6.07, 6.45) is 2.76. The Hall–Kier alpha value is -0.570. The molecule has 2 aliphatic heterocycles. The van der Waals surface area contributed by atoms with Gasteiger partial charge in [-0.3, -0.25) is 9.80 Å². The molecule has 18 heavy (non-hydrogen) atoms. The molecule has 0 saturated carbocycles. The van der Waals surface area contributed by atoms with Gasteiger partial charge in [0.1, 0.15) is 0 Å². The molecule has 1 aromatic rings. The molecule has 0 radical (unpaired) electrons. The van der Waals surface area contributed by atoms with Crippen LogP contribution in [0.1, 0.15) is 25.3 Å². The maximum Gasteiger partial charge on any atom is 0.0406 e. The third kappa shape index (κ3) is 2.56.